The number of hydrogen-bond acceptors (Lipinski definition) is 6. The molecule has 1 N–H and O–H groups in total. The summed E-state index contributed by atoms with van der Waals surface area (Å²) in [5.41, 5.74) is 3.34. The fourth-order valence-corrected chi connectivity index (χ4v) is 2.59. The summed E-state index contributed by atoms with van der Waals surface area (Å²) < 4.78 is 4.87. The zero-order chi connectivity index (χ0) is 14.5. The molecule has 1 aromatic carbocycles. The standard InChI is InChI=1S/C14H16N2O3S/c1-16(7-11-8-20-9-15-11)13(14(18)19-2)10-4-3-5-12(17)6-10/h3-6,8-9,13,17H,7H2,1-2H3. The van der Waals surface area contributed by atoms with Crippen LogP contribution in [-0.2, 0) is 16.1 Å². The average molecular weight is 292 g/mol. The smallest absolute Gasteiger partial charge is 0.327 e. The lowest BCUT2D eigenvalue weighted by molar-refractivity contribution is -0.147. The first-order valence-corrected chi connectivity index (χ1v) is 7.00. The number of ether oxygens (including phenoxy) is 1. The first-order valence-electron chi connectivity index (χ1n) is 6.06. The molecule has 0 aliphatic carbocycles. The van der Waals surface area contributed by atoms with Crippen molar-refractivity contribution in [3.05, 3.63) is 46.4 Å². The maximum Gasteiger partial charge on any atom is 0.327 e. The summed E-state index contributed by atoms with van der Waals surface area (Å²) in [6.07, 6.45) is 0. The first kappa shape index (κ1) is 14.5. The summed E-state index contributed by atoms with van der Waals surface area (Å²) >= 11 is 1.51. The highest BCUT2D eigenvalue weighted by atomic mass is 32.1. The maximum absolute atomic E-state index is 12.0. The normalized spacial score (nSPS) is 12.3. The third kappa shape index (κ3) is 3.34. The summed E-state index contributed by atoms with van der Waals surface area (Å²) in [5.74, 6) is -0.244. The van der Waals surface area contributed by atoms with Gasteiger partial charge in [0, 0.05) is 11.9 Å². The van der Waals surface area contributed by atoms with E-state index in [4.69, 9.17) is 4.74 Å². The molecule has 0 aliphatic heterocycles. The zero-order valence-corrected chi connectivity index (χ0v) is 12.1. The molecule has 106 valence electrons. The van der Waals surface area contributed by atoms with Crippen molar-refractivity contribution >= 4 is 17.3 Å². The Morgan fingerprint density at radius 2 is 2.35 bits per heavy atom. The van der Waals surface area contributed by atoms with Crippen LogP contribution in [0.25, 0.3) is 0 Å². The number of phenols is 1. The Morgan fingerprint density at radius 1 is 1.55 bits per heavy atom. The van der Waals surface area contributed by atoms with E-state index in [0.717, 1.165) is 5.69 Å². The van der Waals surface area contributed by atoms with Gasteiger partial charge in [0.1, 0.15) is 11.8 Å². The molecule has 0 amide bonds. The number of aromatic hydroxyl groups is 1. The maximum atomic E-state index is 12.0. The topological polar surface area (TPSA) is 62.7 Å². The fraction of sp³-hybridized carbons (Fsp3) is 0.286. The van der Waals surface area contributed by atoms with Gasteiger partial charge >= 0.3 is 5.97 Å². The Hall–Kier alpha value is -1.92. The number of hydrogen-bond donors (Lipinski definition) is 1. The largest absolute Gasteiger partial charge is 0.508 e. The Bertz CT molecular complexity index is 572. The number of likely N-dealkylation sites (N-methyl/N-ethyl adjacent to an activating group) is 1. The van der Waals surface area contributed by atoms with Crippen LogP contribution in [0.4, 0.5) is 0 Å². The minimum absolute atomic E-state index is 0.124. The first-order chi connectivity index (χ1) is 9.61. The van der Waals surface area contributed by atoms with Crippen molar-refractivity contribution in [3.63, 3.8) is 0 Å². The molecule has 0 radical (unpaired) electrons. The minimum Gasteiger partial charge on any atom is -0.508 e. The third-order valence-corrected chi connectivity index (χ3v) is 3.58. The quantitative estimate of drug-likeness (QED) is 0.856. The number of methoxy groups -OCH3 is 1. The van der Waals surface area contributed by atoms with E-state index in [9.17, 15) is 9.90 Å². The van der Waals surface area contributed by atoms with Crippen LogP contribution < -0.4 is 0 Å². The van der Waals surface area contributed by atoms with Crippen molar-refractivity contribution in [2.24, 2.45) is 0 Å². The molecule has 2 aromatic rings. The van der Waals surface area contributed by atoms with Gasteiger partial charge in [-0.05, 0) is 24.7 Å². The van der Waals surface area contributed by atoms with Crippen molar-refractivity contribution in [1.82, 2.24) is 9.88 Å². The van der Waals surface area contributed by atoms with Gasteiger partial charge in [-0.1, -0.05) is 12.1 Å². The van der Waals surface area contributed by atoms with Gasteiger partial charge in [-0.3, -0.25) is 4.90 Å². The summed E-state index contributed by atoms with van der Waals surface area (Å²) in [6.45, 7) is 0.527. The molecule has 0 saturated heterocycles. The zero-order valence-electron chi connectivity index (χ0n) is 11.3. The molecule has 0 bridgehead atoms. The predicted molar refractivity (Wildman–Crippen MR) is 76.4 cm³/mol. The molecule has 1 atom stereocenters. The molecule has 2 rings (SSSR count). The van der Waals surface area contributed by atoms with Crippen LogP contribution in [-0.4, -0.2) is 35.1 Å². The van der Waals surface area contributed by atoms with Gasteiger partial charge in [0.15, 0.2) is 0 Å². The number of thiazole rings is 1. The SMILES string of the molecule is COC(=O)C(c1cccc(O)c1)N(C)Cc1cscn1. The van der Waals surface area contributed by atoms with E-state index in [0.29, 0.717) is 12.1 Å². The van der Waals surface area contributed by atoms with E-state index < -0.39 is 6.04 Å². The van der Waals surface area contributed by atoms with Crippen molar-refractivity contribution in [2.75, 3.05) is 14.2 Å². The number of nitrogens with zero attached hydrogens (tertiary/aromatic N) is 2. The number of benzene rings is 1. The molecular weight excluding hydrogens is 276 g/mol. The summed E-state index contributed by atoms with van der Waals surface area (Å²) in [4.78, 5) is 18.1. The van der Waals surface area contributed by atoms with E-state index in [1.807, 2.05) is 17.3 Å². The summed E-state index contributed by atoms with van der Waals surface area (Å²) in [6, 6.07) is 6.06. The van der Waals surface area contributed by atoms with Gasteiger partial charge in [-0.2, -0.15) is 0 Å². The molecule has 1 aromatic heterocycles. The van der Waals surface area contributed by atoms with E-state index in [2.05, 4.69) is 4.98 Å². The van der Waals surface area contributed by atoms with Crippen LogP contribution in [0.5, 0.6) is 5.75 Å². The number of esters is 1. The number of carbonyl (C=O) groups is 1. The van der Waals surface area contributed by atoms with Crippen LogP contribution in [0.15, 0.2) is 35.2 Å². The minimum atomic E-state index is -0.575. The Balaban J connectivity index is 2.25. The second-order valence-electron chi connectivity index (χ2n) is 4.42. The highest BCUT2D eigenvalue weighted by molar-refractivity contribution is 7.07. The number of phenolic OH excluding ortho intramolecular Hbond substituents is 1. The summed E-state index contributed by atoms with van der Waals surface area (Å²) in [7, 11) is 3.18. The Kier molecular flexibility index (Phi) is 4.70. The molecule has 6 heteroatoms. The second kappa shape index (κ2) is 6.49. The van der Waals surface area contributed by atoms with E-state index in [1.54, 1.807) is 29.8 Å². The lowest BCUT2D eigenvalue weighted by Crippen LogP contribution is -2.31. The van der Waals surface area contributed by atoms with Gasteiger partial charge in [-0.25, -0.2) is 9.78 Å². The van der Waals surface area contributed by atoms with Crippen molar-refractivity contribution in [3.8, 4) is 5.75 Å². The van der Waals surface area contributed by atoms with Crippen LogP contribution in [0.1, 0.15) is 17.3 Å². The van der Waals surface area contributed by atoms with Gasteiger partial charge in [-0.15, -0.1) is 11.3 Å². The summed E-state index contributed by atoms with van der Waals surface area (Å²) in [5, 5.41) is 11.5. The second-order valence-corrected chi connectivity index (χ2v) is 5.13. The van der Waals surface area contributed by atoms with Gasteiger partial charge < -0.3 is 9.84 Å². The fourth-order valence-electron chi connectivity index (χ4n) is 2.04. The molecule has 1 heterocycles. The van der Waals surface area contributed by atoms with Gasteiger partial charge in [0.05, 0.1) is 18.3 Å². The molecular formula is C14H16N2O3S. The van der Waals surface area contributed by atoms with Crippen LogP contribution in [0.2, 0.25) is 0 Å². The molecule has 20 heavy (non-hydrogen) atoms. The van der Waals surface area contributed by atoms with E-state index in [1.165, 1.54) is 18.4 Å². The molecule has 5 nitrogen and oxygen atoms in total. The van der Waals surface area contributed by atoms with Crippen LogP contribution in [0, 0.1) is 0 Å². The molecule has 0 fully saturated rings. The monoisotopic (exact) mass is 292 g/mol. The predicted octanol–water partition coefficient (Wildman–Crippen LogP) is 2.19. The third-order valence-electron chi connectivity index (χ3n) is 2.95. The Morgan fingerprint density at radius 3 is 2.95 bits per heavy atom. The molecule has 0 aliphatic rings. The number of rotatable bonds is 5. The van der Waals surface area contributed by atoms with Crippen LogP contribution in [0.3, 0.4) is 0 Å². The van der Waals surface area contributed by atoms with Crippen molar-refractivity contribution in [2.45, 2.75) is 12.6 Å². The lowest BCUT2D eigenvalue weighted by atomic mass is 10.1. The Labute approximate surface area is 121 Å². The van der Waals surface area contributed by atoms with E-state index in [-0.39, 0.29) is 11.7 Å². The molecule has 0 spiro atoms. The average Bonchev–Trinajstić information content (AvgIpc) is 2.91. The van der Waals surface area contributed by atoms with Crippen molar-refractivity contribution < 1.29 is 14.6 Å². The number of aromatic nitrogens is 1. The van der Waals surface area contributed by atoms with E-state index >= 15 is 0 Å². The van der Waals surface area contributed by atoms with Gasteiger partial charge in [0.2, 0.25) is 0 Å². The van der Waals surface area contributed by atoms with Crippen LogP contribution >= 0.6 is 11.3 Å². The highest BCUT2D eigenvalue weighted by Gasteiger charge is 2.26. The lowest BCUT2D eigenvalue weighted by Gasteiger charge is -2.25. The highest BCUT2D eigenvalue weighted by Crippen LogP contribution is 2.25. The molecule has 0 saturated carbocycles. The molecule has 1 unspecified atom stereocenters. The van der Waals surface area contributed by atoms with Crippen molar-refractivity contribution in [1.29, 1.82) is 0 Å². The van der Waals surface area contributed by atoms with Gasteiger partial charge in [0.25, 0.3) is 0 Å². The number of carbonyl (C=O) groups excluding carboxylic acids is 1.